The number of pyridine rings is 1. The van der Waals surface area contributed by atoms with Crippen LogP contribution in [0.1, 0.15) is 23.6 Å². The Bertz CT molecular complexity index is 1010. The van der Waals surface area contributed by atoms with Crippen LogP contribution in [0.5, 0.6) is 5.75 Å². The average Bonchev–Trinajstić information content (AvgIpc) is 3.04. The molecular weight excluding hydrogens is 375 g/mol. The largest absolute Gasteiger partial charge is 0.507 e. The van der Waals surface area contributed by atoms with Crippen LogP contribution in [-0.2, 0) is 10.9 Å². The topological polar surface area (TPSA) is 80.4 Å². The van der Waals surface area contributed by atoms with Gasteiger partial charge in [0.25, 0.3) is 0 Å². The van der Waals surface area contributed by atoms with Gasteiger partial charge in [0.1, 0.15) is 5.75 Å². The van der Waals surface area contributed by atoms with Gasteiger partial charge in [-0.25, -0.2) is 4.98 Å². The summed E-state index contributed by atoms with van der Waals surface area (Å²) in [6, 6.07) is 4.82. The Balaban J connectivity index is 1.74. The van der Waals surface area contributed by atoms with Crippen LogP contribution < -0.4 is 0 Å². The van der Waals surface area contributed by atoms with E-state index in [9.17, 15) is 23.4 Å². The molecule has 1 aliphatic rings. The lowest BCUT2D eigenvalue weighted by molar-refractivity contribution is -0.137. The Morgan fingerprint density at radius 1 is 1.25 bits per heavy atom. The SMILES string of the molecule is Cc1cc(C(F)(F)F)cc(O)c1-c1ccc2cn([C@H]3CCOCC3O)nc2n1. The summed E-state index contributed by atoms with van der Waals surface area (Å²) in [4.78, 5) is 4.41. The highest BCUT2D eigenvalue weighted by atomic mass is 19.4. The molecule has 6 nitrogen and oxygen atoms in total. The molecule has 3 heterocycles. The summed E-state index contributed by atoms with van der Waals surface area (Å²) < 4.78 is 45.7. The molecule has 28 heavy (non-hydrogen) atoms. The van der Waals surface area contributed by atoms with E-state index in [0.29, 0.717) is 30.4 Å². The van der Waals surface area contributed by atoms with Crippen molar-refractivity contribution in [2.24, 2.45) is 0 Å². The van der Waals surface area contributed by atoms with Gasteiger partial charge in [0, 0.05) is 23.8 Å². The Labute approximate surface area is 158 Å². The fraction of sp³-hybridized carbons (Fsp3) is 0.368. The number of rotatable bonds is 2. The van der Waals surface area contributed by atoms with Gasteiger partial charge in [0.15, 0.2) is 5.65 Å². The molecule has 1 unspecified atom stereocenters. The molecule has 0 amide bonds. The summed E-state index contributed by atoms with van der Waals surface area (Å²) in [7, 11) is 0. The van der Waals surface area contributed by atoms with E-state index in [4.69, 9.17) is 4.74 Å². The number of aliphatic hydroxyl groups excluding tert-OH is 1. The number of hydrogen-bond donors (Lipinski definition) is 2. The van der Waals surface area contributed by atoms with Gasteiger partial charge in [-0.3, -0.25) is 4.68 Å². The minimum atomic E-state index is -4.54. The lowest BCUT2D eigenvalue weighted by Crippen LogP contribution is -2.34. The van der Waals surface area contributed by atoms with Gasteiger partial charge in [-0.05, 0) is 43.2 Å². The first kappa shape index (κ1) is 18.7. The molecule has 1 fully saturated rings. The Morgan fingerprint density at radius 3 is 2.71 bits per heavy atom. The first-order valence-corrected chi connectivity index (χ1v) is 8.77. The fourth-order valence-corrected chi connectivity index (χ4v) is 3.52. The van der Waals surface area contributed by atoms with E-state index in [-0.39, 0.29) is 23.8 Å². The van der Waals surface area contributed by atoms with Crippen LogP contribution in [0, 0.1) is 6.92 Å². The molecule has 4 rings (SSSR count). The van der Waals surface area contributed by atoms with Crippen LogP contribution in [0.3, 0.4) is 0 Å². The van der Waals surface area contributed by atoms with Crippen molar-refractivity contribution >= 4 is 11.0 Å². The Morgan fingerprint density at radius 2 is 2.04 bits per heavy atom. The van der Waals surface area contributed by atoms with Gasteiger partial charge in [-0.1, -0.05) is 0 Å². The number of phenols is 1. The fourth-order valence-electron chi connectivity index (χ4n) is 3.52. The van der Waals surface area contributed by atoms with E-state index < -0.39 is 23.6 Å². The molecule has 148 valence electrons. The predicted octanol–water partition coefficient (Wildman–Crippen LogP) is 3.45. The standard InChI is InChI=1S/C19H18F3N3O3/c1-10-6-12(19(20,21)22)7-15(26)17(10)13-3-2-11-8-25(24-18(11)23-13)14-4-5-28-9-16(14)27/h2-3,6-8,14,16,26-27H,4-5,9H2,1H3/t14-,16?/m0/s1. The average molecular weight is 393 g/mol. The van der Waals surface area contributed by atoms with Gasteiger partial charge in [-0.2, -0.15) is 18.3 Å². The number of nitrogens with zero attached hydrogens (tertiary/aromatic N) is 3. The second kappa shape index (κ2) is 6.75. The molecule has 0 spiro atoms. The van der Waals surface area contributed by atoms with Gasteiger partial charge in [-0.15, -0.1) is 0 Å². The van der Waals surface area contributed by atoms with E-state index in [1.807, 2.05) is 0 Å². The monoisotopic (exact) mass is 393 g/mol. The van der Waals surface area contributed by atoms with Crippen molar-refractivity contribution in [3.8, 4) is 17.0 Å². The molecule has 1 aromatic carbocycles. The number of benzene rings is 1. The summed E-state index contributed by atoms with van der Waals surface area (Å²) in [5, 5.41) is 25.5. The zero-order chi connectivity index (χ0) is 20.1. The maximum absolute atomic E-state index is 12.9. The molecule has 2 atom stereocenters. The van der Waals surface area contributed by atoms with Crippen molar-refractivity contribution in [3.05, 3.63) is 41.6 Å². The summed E-state index contributed by atoms with van der Waals surface area (Å²) in [5.41, 5.74) is 0.294. The molecule has 2 aromatic heterocycles. The summed E-state index contributed by atoms with van der Waals surface area (Å²) in [5.74, 6) is -0.488. The number of aryl methyl sites for hydroxylation is 1. The molecule has 1 aliphatic heterocycles. The van der Waals surface area contributed by atoms with Crippen LogP contribution >= 0.6 is 0 Å². The van der Waals surface area contributed by atoms with E-state index >= 15 is 0 Å². The number of fused-ring (bicyclic) bond motifs is 1. The van der Waals surface area contributed by atoms with Crippen molar-refractivity contribution in [2.45, 2.75) is 31.7 Å². The third-order valence-electron chi connectivity index (χ3n) is 4.92. The zero-order valence-corrected chi connectivity index (χ0v) is 14.9. The van der Waals surface area contributed by atoms with Crippen LogP contribution in [0.2, 0.25) is 0 Å². The predicted molar refractivity (Wildman–Crippen MR) is 94.8 cm³/mol. The smallest absolute Gasteiger partial charge is 0.416 e. The maximum atomic E-state index is 12.9. The highest BCUT2D eigenvalue weighted by Gasteiger charge is 2.32. The second-order valence-corrected chi connectivity index (χ2v) is 6.90. The summed E-state index contributed by atoms with van der Waals surface area (Å²) >= 11 is 0. The van der Waals surface area contributed by atoms with E-state index in [0.717, 1.165) is 11.5 Å². The lowest BCUT2D eigenvalue weighted by Gasteiger charge is -2.27. The number of hydrogen-bond acceptors (Lipinski definition) is 5. The number of alkyl halides is 3. The number of aromatic hydroxyl groups is 1. The molecule has 3 aromatic rings. The molecule has 0 saturated carbocycles. The van der Waals surface area contributed by atoms with Gasteiger partial charge in [0.05, 0.1) is 30.0 Å². The molecule has 0 radical (unpaired) electrons. The number of phenolic OH excluding ortho intramolecular Hbond substituents is 1. The normalized spacial score (nSPS) is 20.6. The minimum absolute atomic E-state index is 0.229. The second-order valence-electron chi connectivity index (χ2n) is 6.90. The maximum Gasteiger partial charge on any atom is 0.416 e. The summed E-state index contributed by atoms with van der Waals surface area (Å²) in [6.07, 6.45) is -2.84. The Kier molecular flexibility index (Phi) is 4.51. The first-order valence-electron chi connectivity index (χ1n) is 8.77. The quantitative estimate of drug-likeness (QED) is 0.697. The van der Waals surface area contributed by atoms with Crippen molar-refractivity contribution in [1.29, 1.82) is 0 Å². The third-order valence-corrected chi connectivity index (χ3v) is 4.92. The number of halogens is 3. The molecule has 1 saturated heterocycles. The molecule has 2 N–H and O–H groups in total. The molecule has 0 aliphatic carbocycles. The third kappa shape index (κ3) is 3.31. The van der Waals surface area contributed by atoms with Crippen molar-refractivity contribution in [3.63, 3.8) is 0 Å². The van der Waals surface area contributed by atoms with E-state index in [1.54, 1.807) is 23.0 Å². The van der Waals surface area contributed by atoms with Crippen molar-refractivity contribution in [1.82, 2.24) is 14.8 Å². The number of aromatic nitrogens is 3. The Hall–Kier alpha value is -2.65. The first-order chi connectivity index (χ1) is 13.2. The molecule has 9 heteroatoms. The van der Waals surface area contributed by atoms with Crippen LogP contribution in [0.25, 0.3) is 22.3 Å². The minimum Gasteiger partial charge on any atom is -0.507 e. The van der Waals surface area contributed by atoms with Crippen LogP contribution in [0.15, 0.2) is 30.5 Å². The van der Waals surface area contributed by atoms with Crippen molar-refractivity contribution in [2.75, 3.05) is 13.2 Å². The molecule has 0 bridgehead atoms. The summed E-state index contributed by atoms with van der Waals surface area (Å²) in [6.45, 7) is 2.25. The number of aliphatic hydroxyl groups is 1. The zero-order valence-electron chi connectivity index (χ0n) is 14.9. The van der Waals surface area contributed by atoms with E-state index in [2.05, 4.69) is 10.1 Å². The molecular formula is C19H18F3N3O3. The lowest BCUT2D eigenvalue weighted by atomic mass is 10.00. The van der Waals surface area contributed by atoms with E-state index in [1.165, 1.54) is 6.92 Å². The van der Waals surface area contributed by atoms with Crippen LogP contribution in [-0.4, -0.2) is 44.3 Å². The highest BCUT2D eigenvalue weighted by Crippen LogP contribution is 2.38. The highest BCUT2D eigenvalue weighted by molar-refractivity contribution is 5.80. The van der Waals surface area contributed by atoms with Gasteiger partial charge >= 0.3 is 6.18 Å². The van der Waals surface area contributed by atoms with Crippen molar-refractivity contribution < 1.29 is 28.1 Å². The van der Waals surface area contributed by atoms with Gasteiger partial charge < -0.3 is 14.9 Å². The number of ether oxygens (including phenoxy) is 1. The van der Waals surface area contributed by atoms with Gasteiger partial charge in [0.2, 0.25) is 0 Å². The van der Waals surface area contributed by atoms with Crippen LogP contribution in [0.4, 0.5) is 13.2 Å².